The third kappa shape index (κ3) is 5.31. The van der Waals surface area contributed by atoms with Gasteiger partial charge in [-0.25, -0.2) is 0 Å². The van der Waals surface area contributed by atoms with E-state index < -0.39 is 6.04 Å². The van der Waals surface area contributed by atoms with E-state index in [1.54, 1.807) is 0 Å². The largest absolute Gasteiger partial charge is 0.354 e. The number of nitrogens with two attached hydrogens (primary N) is 1. The molecule has 1 aromatic carbocycles. The number of amides is 2. The van der Waals surface area contributed by atoms with Crippen LogP contribution in [0.15, 0.2) is 30.3 Å². The number of rotatable bonds is 5. The van der Waals surface area contributed by atoms with Gasteiger partial charge in [0.2, 0.25) is 11.8 Å². The number of piperidine rings is 1. The predicted molar refractivity (Wildman–Crippen MR) is 88.7 cm³/mol. The minimum atomic E-state index is -0.684. The van der Waals surface area contributed by atoms with Crippen molar-refractivity contribution < 1.29 is 9.59 Å². The van der Waals surface area contributed by atoms with E-state index in [1.165, 1.54) is 6.42 Å². The van der Waals surface area contributed by atoms with Crippen LogP contribution >= 0.6 is 12.4 Å². The fourth-order valence-electron chi connectivity index (χ4n) is 2.52. The lowest BCUT2D eigenvalue weighted by atomic mass is 10.1. The zero-order chi connectivity index (χ0) is 15.1. The van der Waals surface area contributed by atoms with Crippen LogP contribution in [0, 0.1) is 0 Å². The van der Waals surface area contributed by atoms with Crippen LogP contribution in [0.25, 0.3) is 0 Å². The number of benzene rings is 1. The van der Waals surface area contributed by atoms with Gasteiger partial charge in [0.15, 0.2) is 0 Å². The summed E-state index contributed by atoms with van der Waals surface area (Å²) >= 11 is 0. The molecule has 5 nitrogen and oxygen atoms in total. The molecular weight excluding hydrogens is 302 g/mol. The number of carbonyl (C=O) groups is 2. The van der Waals surface area contributed by atoms with Crippen LogP contribution in [0.1, 0.15) is 37.3 Å². The lowest BCUT2D eigenvalue weighted by Gasteiger charge is -2.26. The average molecular weight is 326 g/mol. The Morgan fingerprint density at radius 2 is 1.77 bits per heavy atom. The van der Waals surface area contributed by atoms with E-state index in [9.17, 15) is 9.59 Å². The Hall–Kier alpha value is -1.59. The Kier molecular flexibility index (Phi) is 7.91. The number of halogens is 1. The number of nitrogens with one attached hydrogen (secondary N) is 1. The molecule has 2 amide bonds. The summed E-state index contributed by atoms with van der Waals surface area (Å²) in [5.41, 5.74) is 6.67. The molecule has 0 saturated carbocycles. The number of hydrogen-bond donors (Lipinski definition) is 2. The smallest absolute Gasteiger partial charge is 0.241 e. The van der Waals surface area contributed by atoms with Crippen molar-refractivity contribution in [3.05, 3.63) is 35.9 Å². The van der Waals surface area contributed by atoms with Gasteiger partial charge in [-0.3, -0.25) is 9.59 Å². The molecule has 1 unspecified atom stereocenters. The van der Waals surface area contributed by atoms with Gasteiger partial charge in [0.25, 0.3) is 0 Å². The Bertz CT molecular complexity index is 476. The summed E-state index contributed by atoms with van der Waals surface area (Å²) in [5, 5.41) is 2.74. The molecule has 122 valence electrons. The highest BCUT2D eigenvalue weighted by atomic mass is 35.5. The van der Waals surface area contributed by atoms with Gasteiger partial charge in [-0.1, -0.05) is 30.3 Å². The molecule has 22 heavy (non-hydrogen) atoms. The summed E-state index contributed by atoms with van der Waals surface area (Å²) < 4.78 is 0. The Balaban J connectivity index is 0.00000242. The zero-order valence-electron chi connectivity index (χ0n) is 12.7. The SMILES string of the molecule is Cl.NC(C(=O)NCCC(=O)N1CCCCC1)c1ccccc1. The molecule has 6 heteroatoms. The molecule has 1 atom stereocenters. The van der Waals surface area contributed by atoms with Gasteiger partial charge in [-0.2, -0.15) is 0 Å². The molecule has 0 aliphatic carbocycles. The van der Waals surface area contributed by atoms with Crippen LogP contribution in [0.4, 0.5) is 0 Å². The first-order valence-electron chi connectivity index (χ1n) is 7.54. The standard InChI is InChI=1S/C16H23N3O2.ClH/c17-15(13-7-3-1-4-8-13)16(21)18-10-9-14(20)19-11-5-2-6-12-19;/h1,3-4,7-8,15H,2,5-6,9-12,17H2,(H,18,21);1H. The fourth-order valence-corrected chi connectivity index (χ4v) is 2.52. The third-order valence-corrected chi connectivity index (χ3v) is 3.79. The molecule has 0 spiro atoms. The molecule has 1 saturated heterocycles. The zero-order valence-corrected chi connectivity index (χ0v) is 13.5. The van der Waals surface area contributed by atoms with Crippen LogP contribution in [0.2, 0.25) is 0 Å². The van der Waals surface area contributed by atoms with Crippen molar-refractivity contribution in [1.82, 2.24) is 10.2 Å². The normalized spacial score (nSPS) is 15.6. The number of hydrogen-bond acceptors (Lipinski definition) is 3. The van der Waals surface area contributed by atoms with E-state index in [4.69, 9.17) is 5.73 Å². The maximum Gasteiger partial charge on any atom is 0.241 e. The van der Waals surface area contributed by atoms with Crippen LogP contribution in [0.3, 0.4) is 0 Å². The van der Waals surface area contributed by atoms with E-state index in [1.807, 2.05) is 35.2 Å². The van der Waals surface area contributed by atoms with Gasteiger partial charge in [-0.05, 0) is 24.8 Å². The van der Waals surface area contributed by atoms with Gasteiger partial charge >= 0.3 is 0 Å². The van der Waals surface area contributed by atoms with E-state index in [0.717, 1.165) is 31.5 Å². The van der Waals surface area contributed by atoms with E-state index >= 15 is 0 Å². The number of nitrogens with zero attached hydrogens (tertiary/aromatic N) is 1. The van der Waals surface area contributed by atoms with Gasteiger partial charge in [0.05, 0.1) is 0 Å². The average Bonchev–Trinajstić information content (AvgIpc) is 2.55. The number of likely N-dealkylation sites (tertiary alicyclic amines) is 1. The van der Waals surface area contributed by atoms with Crippen molar-refractivity contribution in [1.29, 1.82) is 0 Å². The number of carbonyl (C=O) groups excluding carboxylic acids is 2. The van der Waals surface area contributed by atoms with Crippen molar-refractivity contribution in [3.63, 3.8) is 0 Å². The van der Waals surface area contributed by atoms with Crippen LogP contribution in [0.5, 0.6) is 0 Å². The molecular formula is C16H24ClN3O2. The Morgan fingerprint density at radius 1 is 1.14 bits per heavy atom. The topological polar surface area (TPSA) is 75.4 Å². The lowest BCUT2D eigenvalue weighted by Crippen LogP contribution is -2.39. The van der Waals surface area contributed by atoms with E-state index in [0.29, 0.717) is 13.0 Å². The van der Waals surface area contributed by atoms with Crippen molar-refractivity contribution >= 4 is 24.2 Å². The molecule has 1 heterocycles. The molecule has 1 aliphatic rings. The first kappa shape index (κ1) is 18.5. The highest BCUT2D eigenvalue weighted by molar-refractivity contribution is 5.85. The van der Waals surface area contributed by atoms with Crippen molar-refractivity contribution in [2.45, 2.75) is 31.7 Å². The molecule has 3 N–H and O–H groups in total. The van der Waals surface area contributed by atoms with Crippen molar-refractivity contribution in [2.24, 2.45) is 5.73 Å². The summed E-state index contributed by atoms with van der Waals surface area (Å²) in [4.78, 5) is 25.8. The first-order valence-corrected chi connectivity index (χ1v) is 7.54. The first-order chi connectivity index (χ1) is 10.2. The maximum absolute atomic E-state index is 12.0. The molecule has 1 aromatic rings. The minimum Gasteiger partial charge on any atom is -0.354 e. The summed E-state index contributed by atoms with van der Waals surface area (Å²) in [6.45, 7) is 2.03. The summed E-state index contributed by atoms with van der Waals surface area (Å²) in [6.07, 6.45) is 3.70. The van der Waals surface area contributed by atoms with E-state index in [-0.39, 0.29) is 24.2 Å². The minimum absolute atomic E-state index is 0. The second kappa shape index (κ2) is 9.43. The molecule has 2 rings (SSSR count). The summed E-state index contributed by atoms with van der Waals surface area (Å²) in [7, 11) is 0. The maximum atomic E-state index is 12.0. The van der Waals surface area contributed by atoms with Gasteiger partial charge in [0.1, 0.15) is 6.04 Å². The van der Waals surface area contributed by atoms with E-state index in [2.05, 4.69) is 5.32 Å². The van der Waals surface area contributed by atoms with Crippen molar-refractivity contribution in [3.8, 4) is 0 Å². The van der Waals surface area contributed by atoms with Crippen molar-refractivity contribution in [2.75, 3.05) is 19.6 Å². The van der Waals surface area contributed by atoms with Gasteiger partial charge < -0.3 is 16.0 Å². The van der Waals surface area contributed by atoms with Crippen LogP contribution in [-0.4, -0.2) is 36.3 Å². The molecule has 0 radical (unpaired) electrons. The molecule has 1 aliphatic heterocycles. The Labute approximate surface area is 137 Å². The summed E-state index contributed by atoms with van der Waals surface area (Å²) in [5.74, 6) is -0.129. The highest BCUT2D eigenvalue weighted by Crippen LogP contribution is 2.10. The van der Waals surface area contributed by atoms with Crippen LogP contribution in [-0.2, 0) is 9.59 Å². The highest BCUT2D eigenvalue weighted by Gasteiger charge is 2.18. The van der Waals surface area contributed by atoms with Gasteiger partial charge in [0, 0.05) is 26.1 Å². The quantitative estimate of drug-likeness (QED) is 0.864. The fraction of sp³-hybridized carbons (Fsp3) is 0.500. The lowest BCUT2D eigenvalue weighted by molar-refractivity contribution is -0.132. The molecule has 0 bridgehead atoms. The monoisotopic (exact) mass is 325 g/mol. The Morgan fingerprint density at radius 3 is 2.41 bits per heavy atom. The van der Waals surface area contributed by atoms with Gasteiger partial charge in [-0.15, -0.1) is 12.4 Å². The second-order valence-electron chi connectivity index (χ2n) is 5.37. The molecule has 1 fully saturated rings. The second-order valence-corrected chi connectivity index (χ2v) is 5.37. The predicted octanol–water partition coefficient (Wildman–Crippen LogP) is 1.63. The third-order valence-electron chi connectivity index (χ3n) is 3.79. The molecule has 0 aromatic heterocycles. The summed E-state index contributed by atoms with van der Waals surface area (Å²) in [6, 6.07) is 8.54. The van der Waals surface area contributed by atoms with Crippen LogP contribution < -0.4 is 11.1 Å².